The highest BCUT2D eigenvalue weighted by atomic mass is 19.4. The molecule has 0 saturated carbocycles. The van der Waals surface area contributed by atoms with Crippen molar-refractivity contribution in [2.75, 3.05) is 19.8 Å². The van der Waals surface area contributed by atoms with Crippen LogP contribution in [0.1, 0.15) is 12.8 Å². The van der Waals surface area contributed by atoms with Gasteiger partial charge in [0.2, 0.25) is 5.91 Å². The molecular weight excluding hydrogens is 241 g/mol. The highest BCUT2D eigenvalue weighted by Crippen LogP contribution is 2.30. The van der Waals surface area contributed by atoms with Gasteiger partial charge in [0.05, 0.1) is 25.2 Å². The van der Waals surface area contributed by atoms with Crippen molar-refractivity contribution in [1.29, 1.82) is 0 Å². The lowest BCUT2D eigenvalue weighted by atomic mass is 10.0. The van der Waals surface area contributed by atoms with E-state index >= 15 is 0 Å². The summed E-state index contributed by atoms with van der Waals surface area (Å²) in [7, 11) is 0. The van der Waals surface area contributed by atoms with Crippen molar-refractivity contribution in [1.82, 2.24) is 5.32 Å². The number of hydrogen-bond acceptors (Lipinski definition) is 4. The summed E-state index contributed by atoms with van der Waals surface area (Å²) in [6.45, 7) is -1.23. The minimum Gasteiger partial charge on any atom is -0.394 e. The SMILES string of the molecule is NCCC(CC(=O)NC(CO)CO)C(F)(F)F. The fraction of sp³-hybridized carbons (Fsp3) is 0.889. The molecule has 0 spiro atoms. The second-order valence-electron chi connectivity index (χ2n) is 3.65. The first-order valence-corrected chi connectivity index (χ1v) is 5.13. The van der Waals surface area contributed by atoms with Crippen molar-refractivity contribution in [3.63, 3.8) is 0 Å². The summed E-state index contributed by atoms with van der Waals surface area (Å²) < 4.78 is 37.3. The Bertz CT molecular complexity index is 232. The molecule has 1 amide bonds. The fourth-order valence-electron chi connectivity index (χ4n) is 1.24. The van der Waals surface area contributed by atoms with Gasteiger partial charge in [0.25, 0.3) is 0 Å². The molecule has 102 valence electrons. The van der Waals surface area contributed by atoms with Crippen molar-refractivity contribution in [3.05, 3.63) is 0 Å². The Kier molecular flexibility index (Phi) is 7.09. The Morgan fingerprint density at radius 3 is 2.18 bits per heavy atom. The predicted octanol–water partition coefficient (Wildman–Crippen LogP) is -0.627. The van der Waals surface area contributed by atoms with Gasteiger partial charge in [-0.2, -0.15) is 13.2 Å². The molecule has 0 aromatic rings. The quantitative estimate of drug-likeness (QED) is 0.489. The summed E-state index contributed by atoms with van der Waals surface area (Å²) >= 11 is 0. The van der Waals surface area contributed by atoms with Crippen molar-refractivity contribution >= 4 is 5.91 Å². The maximum absolute atomic E-state index is 12.4. The van der Waals surface area contributed by atoms with Crippen LogP contribution in [0.3, 0.4) is 0 Å². The monoisotopic (exact) mass is 258 g/mol. The van der Waals surface area contributed by atoms with Crippen LogP contribution in [-0.2, 0) is 4.79 Å². The van der Waals surface area contributed by atoms with Gasteiger partial charge in [-0.25, -0.2) is 0 Å². The molecule has 0 aliphatic rings. The molecule has 0 aromatic carbocycles. The van der Waals surface area contributed by atoms with Crippen LogP contribution in [0.4, 0.5) is 13.2 Å². The number of nitrogens with two attached hydrogens (primary N) is 1. The summed E-state index contributed by atoms with van der Waals surface area (Å²) in [5.41, 5.74) is 5.04. The molecule has 1 atom stereocenters. The number of halogens is 3. The lowest BCUT2D eigenvalue weighted by Gasteiger charge is -2.20. The normalized spacial score (nSPS) is 13.8. The number of nitrogens with one attached hydrogen (secondary N) is 1. The second kappa shape index (κ2) is 7.46. The predicted molar refractivity (Wildman–Crippen MR) is 53.9 cm³/mol. The molecule has 5 N–H and O–H groups in total. The number of aliphatic hydroxyl groups excluding tert-OH is 2. The number of amides is 1. The maximum atomic E-state index is 12.4. The zero-order chi connectivity index (χ0) is 13.5. The third-order valence-corrected chi connectivity index (χ3v) is 2.22. The van der Waals surface area contributed by atoms with E-state index in [1.807, 2.05) is 0 Å². The summed E-state index contributed by atoms with van der Waals surface area (Å²) in [5.74, 6) is -2.67. The van der Waals surface area contributed by atoms with Crippen LogP contribution < -0.4 is 11.1 Å². The standard InChI is InChI=1S/C9H17F3N2O3/c10-9(11,12)6(1-2-13)3-8(17)14-7(4-15)5-16/h6-7,15-16H,1-5,13H2,(H,14,17). The van der Waals surface area contributed by atoms with Crippen LogP contribution in [0.15, 0.2) is 0 Å². The molecule has 0 radical (unpaired) electrons. The van der Waals surface area contributed by atoms with E-state index in [4.69, 9.17) is 15.9 Å². The lowest BCUT2D eigenvalue weighted by Crippen LogP contribution is -2.42. The van der Waals surface area contributed by atoms with Gasteiger partial charge < -0.3 is 21.3 Å². The van der Waals surface area contributed by atoms with Crippen molar-refractivity contribution in [3.8, 4) is 0 Å². The first-order valence-electron chi connectivity index (χ1n) is 5.13. The smallest absolute Gasteiger partial charge is 0.392 e. The number of carbonyl (C=O) groups is 1. The average molecular weight is 258 g/mol. The topological polar surface area (TPSA) is 95.6 Å². The van der Waals surface area contributed by atoms with Gasteiger partial charge >= 0.3 is 6.18 Å². The third kappa shape index (κ3) is 6.44. The fourth-order valence-corrected chi connectivity index (χ4v) is 1.24. The van der Waals surface area contributed by atoms with Gasteiger partial charge in [-0.05, 0) is 13.0 Å². The van der Waals surface area contributed by atoms with E-state index in [2.05, 4.69) is 5.32 Å². The van der Waals surface area contributed by atoms with E-state index in [0.29, 0.717) is 0 Å². The van der Waals surface area contributed by atoms with E-state index in [1.54, 1.807) is 0 Å². The number of carbonyl (C=O) groups excluding carboxylic acids is 1. The van der Waals surface area contributed by atoms with Gasteiger partial charge in [0.15, 0.2) is 0 Å². The molecule has 0 bridgehead atoms. The Hall–Kier alpha value is -0.860. The van der Waals surface area contributed by atoms with Gasteiger partial charge in [-0.1, -0.05) is 0 Å². The molecular formula is C9H17F3N2O3. The summed E-state index contributed by atoms with van der Waals surface area (Å²) in [6, 6.07) is -0.936. The molecule has 0 heterocycles. The van der Waals surface area contributed by atoms with E-state index < -0.39 is 43.7 Å². The number of rotatable bonds is 7. The molecule has 0 aromatic heterocycles. The van der Waals surface area contributed by atoms with Gasteiger partial charge in [-0.15, -0.1) is 0 Å². The van der Waals surface area contributed by atoms with Crippen LogP contribution in [0.5, 0.6) is 0 Å². The second-order valence-corrected chi connectivity index (χ2v) is 3.65. The van der Waals surface area contributed by atoms with Gasteiger partial charge in [0, 0.05) is 6.42 Å². The zero-order valence-electron chi connectivity index (χ0n) is 9.20. The maximum Gasteiger partial charge on any atom is 0.392 e. The zero-order valence-corrected chi connectivity index (χ0v) is 9.20. The Morgan fingerprint density at radius 1 is 1.29 bits per heavy atom. The average Bonchev–Trinajstić information content (AvgIpc) is 2.24. The van der Waals surface area contributed by atoms with Crippen LogP contribution in [0.2, 0.25) is 0 Å². The van der Waals surface area contributed by atoms with Crippen LogP contribution >= 0.6 is 0 Å². The van der Waals surface area contributed by atoms with E-state index in [-0.39, 0.29) is 13.0 Å². The molecule has 0 aliphatic heterocycles. The van der Waals surface area contributed by atoms with Crippen LogP contribution in [0.25, 0.3) is 0 Å². The number of alkyl halides is 3. The van der Waals surface area contributed by atoms with Crippen molar-refractivity contribution in [2.24, 2.45) is 11.7 Å². The molecule has 1 unspecified atom stereocenters. The van der Waals surface area contributed by atoms with Crippen molar-refractivity contribution in [2.45, 2.75) is 25.1 Å². The third-order valence-electron chi connectivity index (χ3n) is 2.22. The van der Waals surface area contributed by atoms with E-state index in [9.17, 15) is 18.0 Å². The minimum atomic E-state index is -4.48. The van der Waals surface area contributed by atoms with Gasteiger partial charge in [-0.3, -0.25) is 4.79 Å². The molecule has 5 nitrogen and oxygen atoms in total. The summed E-state index contributed by atoms with van der Waals surface area (Å²) in [5, 5.41) is 19.4. The summed E-state index contributed by atoms with van der Waals surface area (Å²) in [4.78, 5) is 11.2. The van der Waals surface area contributed by atoms with Crippen molar-refractivity contribution < 1.29 is 28.2 Å². The largest absolute Gasteiger partial charge is 0.394 e. The number of aliphatic hydroxyl groups is 2. The first kappa shape index (κ1) is 16.1. The first-order chi connectivity index (χ1) is 7.85. The Labute approximate surface area is 96.8 Å². The van der Waals surface area contributed by atoms with E-state index in [0.717, 1.165) is 0 Å². The van der Waals surface area contributed by atoms with E-state index in [1.165, 1.54) is 0 Å². The molecule has 0 saturated heterocycles. The minimum absolute atomic E-state index is 0.166. The van der Waals surface area contributed by atoms with Crippen LogP contribution in [0, 0.1) is 5.92 Å². The molecule has 17 heavy (non-hydrogen) atoms. The number of hydrogen-bond donors (Lipinski definition) is 4. The molecule has 0 rings (SSSR count). The Balaban J connectivity index is 4.31. The molecule has 0 aliphatic carbocycles. The molecule has 0 fully saturated rings. The van der Waals surface area contributed by atoms with Gasteiger partial charge in [0.1, 0.15) is 0 Å². The highest BCUT2D eigenvalue weighted by Gasteiger charge is 2.40. The lowest BCUT2D eigenvalue weighted by molar-refractivity contribution is -0.180. The highest BCUT2D eigenvalue weighted by molar-refractivity contribution is 5.76. The Morgan fingerprint density at radius 2 is 1.82 bits per heavy atom. The summed E-state index contributed by atoms with van der Waals surface area (Å²) in [6.07, 6.45) is -5.57. The molecule has 8 heteroatoms. The van der Waals surface area contributed by atoms with Crippen LogP contribution in [-0.4, -0.2) is 48.1 Å².